The topological polar surface area (TPSA) is 41.3 Å². The fraction of sp³-hybridized carbons (Fsp3) is 0.250. The van der Waals surface area contributed by atoms with E-state index < -0.39 is 0 Å². The van der Waals surface area contributed by atoms with Gasteiger partial charge in [-0.3, -0.25) is 9.58 Å². The number of aromatic hydroxyl groups is 1. The van der Waals surface area contributed by atoms with Gasteiger partial charge in [0.2, 0.25) is 0 Å². The minimum absolute atomic E-state index is 0. The number of hydrogen-bond acceptors (Lipinski definition) is 3. The van der Waals surface area contributed by atoms with Crippen LogP contribution in [0.2, 0.25) is 5.02 Å². The molecule has 4 nitrogen and oxygen atoms in total. The Morgan fingerprint density at radius 1 is 0.800 bits per heavy atom. The molecule has 2 heterocycles. The van der Waals surface area contributed by atoms with Crippen molar-refractivity contribution in [3.63, 3.8) is 0 Å². The zero-order valence-corrected chi connectivity index (χ0v) is 21.8. The lowest BCUT2D eigenvalue weighted by atomic mass is 9.68. The fourth-order valence-electron chi connectivity index (χ4n) is 5.00. The molecule has 0 atom stereocenters. The average Bonchev–Trinajstić information content (AvgIpc) is 3.29. The molecule has 184 valence electrons. The zero-order valence-electron chi connectivity index (χ0n) is 19.4. The lowest BCUT2D eigenvalue weighted by Crippen LogP contribution is -2.43. The molecule has 4 aromatic rings. The van der Waals surface area contributed by atoms with Crippen molar-refractivity contribution < 1.29 is 5.11 Å². The highest BCUT2D eigenvalue weighted by molar-refractivity contribution is 6.30. The smallest absolute Gasteiger partial charge is 0.122 e. The summed E-state index contributed by atoms with van der Waals surface area (Å²) >= 11 is 5.94. The van der Waals surface area contributed by atoms with Crippen molar-refractivity contribution in [3.05, 3.63) is 119 Å². The molecule has 5 rings (SSSR count). The van der Waals surface area contributed by atoms with E-state index in [0.717, 1.165) is 43.7 Å². The molecule has 1 aliphatic rings. The number of benzene rings is 3. The van der Waals surface area contributed by atoms with Crippen molar-refractivity contribution in [3.8, 4) is 5.75 Å². The SMILES string of the molecule is Cl.Cl.Oc1cc(Cl)ccc1Cn1ccc(CN2CCC(c3ccccc3)(c3ccccc3)CC2)n1. The minimum Gasteiger partial charge on any atom is -0.508 e. The maximum atomic E-state index is 10.1. The maximum Gasteiger partial charge on any atom is 0.122 e. The first kappa shape index (κ1) is 27.1. The van der Waals surface area contributed by atoms with Crippen molar-refractivity contribution in [2.45, 2.75) is 31.3 Å². The summed E-state index contributed by atoms with van der Waals surface area (Å²) in [7, 11) is 0. The van der Waals surface area contributed by atoms with E-state index in [2.05, 4.69) is 71.6 Å². The van der Waals surface area contributed by atoms with Crippen LogP contribution >= 0.6 is 36.4 Å². The predicted molar refractivity (Wildman–Crippen MR) is 147 cm³/mol. The molecule has 0 aliphatic carbocycles. The fourth-order valence-corrected chi connectivity index (χ4v) is 5.17. The number of nitrogens with zero attached hydrogens (tertiary/aromatic N) is 3. The summed E-state index contributed by atoms with van der Waals surface area (Å²) in [6.45, 7) is 3.40. The Morgan fingerprint density at radius 3 is 1.97 bits per heavy atom. The van der Waals surface area contributed by atoms with Crippen LogP contribution < -0.4 is 0 Å². The second-order valence-electron chi connectivity index (χ2n) is 8.87. The van der Waals surface area contributed by atoms with Gasteiger partial charge in [-0.25, -0.2) is 0 Å². The van der Waals surface area contributed by atoms with Crippen LogP contribution in [0.5, 0.6) is 5.75 Å². The molecule has 0 bridgehead atoms. The number of hydrogen-bond donors (Lipinski definition) is 1. The van der Waals surface area contributed by atoms with Crippen LogP contribution in [0.3, 0.4) is 0 Å². The second kappa shape index (κ2) is 12.0. The molecule has 1 aliphatic heterocycles. The third-order valence-corrected chi connectivity index (χ3v) is 7.06. The van der Waals surface area contributed by atoms with Crippen molar-refractivity contribution >= 4 is 36.4 Å². The molecule has 0 radical (unpaired) electrons. The molecule has 35 heavy (non-hydrogen) atoms. The number of phenols is 1. The lowest BCUT2D eigenvalue weighted by molar-refractivity contribution is 0.170. The summed E-state index contributed by atoms with van der Waals surface area (Å²) in [5.41, 5.74) is 4.73. The van der Waals surface area contributed by atoms with Crippen LogP contribution in [0.15, 0.2) is 91.1 Å². The Labute approximate surface area is 224 Å². The van der Waals surface area contributed by atoms with Crippen LogP contribution in [0.4, 0.5) is 0 Å². The van der Waals surface area contributed by atoms with E-state index in [-0.39, 0.29) is 36.0 Å². The van der Waals surface area contributed by atoms with Gasteiger partial charge in [0.1, 0.15) is 5.75 Å². The van der Waals surface area contributed by atoms with E-state index >= 15 is 0 Å². The van der Waals surface area contributed by atoms with Gasteiger partial charge < -0.3 is 5.11 Å². The standard InChI is InChI=1S/C28H28ClN3O.2ClH/c29-25-12-11-22(27(33)19-25)20-32-16-13-26(30-32)21-31-17-14-28(15-18-31,23-7-3-1-4-8-23)24-9-5-2-6-10-24;;/h1-13,16,19,33H,14-15,17-18,20-21H2;2*1H. The Kier molecular flexibility index (Phi) is 9.26. The van der Waals surface area contributed by atoms with E-state index in [1.54, 1.807) is 12.1 Å². The Balaban J connectivity index is 0.00000171. The molecule has 3 aromatic carbocycles. The summed E-state index contributed by atoms with van der Waals surface area (Å²) < 4.78 is 1.88. The average molecular weight is 531 g/mol. The van der Waals surface area contributed by atoms with Gasteiger partial charge in [-0.05, 0) is 55.3 Å². The first-order valence-corrected chi connectivity index (χ1v) is 11.8. The van der Waals surface area contributed by atoms with Crippen LogP contribution in [0.25, 0.3) is 0 Å². The highest BCUT2D eigenvalue weighted by Gasteiger charge is 2.37. The van der Waals surface area contributed by atoms with E-state index in [0.29, 0.717) is 11.6 Å². The van der Waals surface area contributed by atoms with Gasteiger partial charge in [0.05, 0.1) is 12.2 Å². The monoisotopic (exact) mass is 529 g/mol. The lowest BCUT2D eigenvalue weighted by Gasteiger charge is -2.42. The van der Waals surface area contributed by atoms with E-state index in [1.165, 1.54) is 11.1 Å². The summed E-state index contributed by atoms with van der Waals surface area (Å²) in [5.74, 6) is 0.203. The maximum absolute atomic E-state index is 10.1. The number of phenolic OH excluding ortho intramolecular Hbond substituents is 1. The third-order valence-electron chi connectivity index (χ3n) is 6.82. The van der Waals surface area contributed by atoms with Gasteiger partial charge in [-0.1, -0.05) is 78.3 Å². The highest BCUT2D eigenvalue weighted by Crippen LogP contribution is 2.41. The van der Waals surface area contributed by atoms with Crippen molar-refractivity contribution in [1.29, 1.82) is 0 Å². The first-order valence-electron chi connectivity index (χ1n) is 11.5. The van der Waals surface area contributed by atoms with Crippen LogP contribution in [-0.2, 0) is 18.5 Å². The molecule has 1 fully saturated rings. The summed E-state index contributed by atoms with van der Waals surface area (Å²) in [4.78, 5) is 2.50. The van der Waals surface area contributed by atoms with Crippen LogP contribution in [0, 0.1) is 0 Å². The van der Waals surface area contributed by atoms with Crippen molar-refractivity contribution in [2.24, 2.45) is 0 Å². The van der Waals surface area contributed by atoms with E-state index in [9.17, 15) is 5.11 Å². The van der Waals surface area contributed by atoms with E-state index in [1.807, 2.05) is 16.9 Å². The largest absolute Gasteiger partial charge is 0.508 e. The number of likely N-dealkylation sites (tertiary alicyclic amines) is 1. The third kappa shape index (κ3) is 6.02. The summed E-state index contributed by atoms with van der Waals surface area (Å²) in [6.07, 6.45) is 4.15. The summed E-state index contributed by atoms with van der Waals surface area (Å²) in [5, 5.41) is 15.4. The molecule has 0 unspecified atom stereocenters. The molecule has 0 spiro atoms. The summed E-state index contributed by atoms with van der Waals surface area (Å²) in [6, 6.07) is 29.2. The molecular weight excluding hydrogens is 501 g/mol. The van der Waals surface area contributed by atoms with Crippen molar-refractivity contribution in [1.82, 2.24) is 14.7 Å². The van der Waals surface area contributed by atoms with E-state index in [4.69, 9.17) is 16.7 Å². The zero-order chi connectivity index (χ0) is 22.7. The number of rotatable bonds is 6. The molecule has 0 amide bonds. The highest BCUT2D eigenvalue weighted by atomic mass is 35.5. The number of halogens is 3. The molecule has 1 N–H and O–H groups in total. The van der Waals surface area contributed by atoms with Crippen LogP contribution in [-0.4, -0.2) is 32.9 Å². The van der Waals surface area contributed by atoms with Gasteiger partial charge in [-0.2, -0.15) is 5.10 Å². The van der Waals surface area contributed by atoms with Gasteiger partial charge in [-0.15, -0.1) is 24.8 Å². The number of aromatic nitrogens is 2. The Bertz CT molecular complexity index is 1170. The first-order chi connectivity index (χ1) is 16.1. The Hall–Kier alpha value is -2.50. The van der Waals surface area contributed by atoms with Gasteiger partial charge >= 0.3 is 0 Å². The van der Waals surface area contributed by atoms with Gasteiger partial charge in [0, 0.05) is 28.7 Å². The quantitative estimate of drug-likeness (QED) is 0.301. The van der Waals surface area contributed by atoms with Gasteiger partial charge in [0.15, 0.2) is 0 Å². The van der Waals surface area contributed by atoms with Crippen molar-refractivity contribution in [2.75, 3.05) is 13.1 Å². The van der Waals surface area contributed by atoms with Gasteiger partial charge in [0.25, 0.3) is 0 Å². The second-order valence-corrected chi connectivity index (χ2v) is 9.30. The molecule has 7 heteroatoms. The number of piperidine rings is 1. The molecule has 1 aromatic heterocycles. The normalized spacial score (nSPS) is 15.1. The molecular formula is C28H30Cl3N3O. The predicted octanol–water partition coefficient (Wildman–Crippen LogP) is 6.72. The Morgan fingerprint density at radius 2 is 1.40 bits per heavy atom. The molecule has 0 saturated carbocycles. The minimum atomic E-state index is 0. The van der Waals surface area contributed by atoms with Crippen LogP contribution in [0.1, 0.15) is 35.2 Å². The molecule has 1 saturated heterocycles.